The van der Waals surface area contributed by atoms with E-state index in [2.05, 4.69) is 32.9 Å². The lowest BCUT2D eigenvalue weighted by Crippen LogP contribution is -2.49. The molecule has 0 N–H and O–H groups in total. The van der Waals surface area contributed by atoms with Crippen molar-refractivity contribution in [1.29, 1.82) is 0 Å². The van der Waals surface area contributed by atoms with E-state index in [4.69, 9.17) is 4.74 Å². The molecule has 1 aromatic rings. The maximum absolute atomic E-state index is 13.5. The number of hydrogen-bond acceptors (Lipinski definition) is 3. The summed E-state index contributed by atoms with van der Waals surface area (Å²) < 4.78 is 5.32. The maximum atomic E-state index is 13.5. The molecule has 1 aliphatic heterocycles. The van der Waals surface area contributed by atoms with Crippen LogP contribution >= 0.6 is 0 Å². The lowest BCUT2D eigenvalue weighted by molar-refractivity contribution is -0.154. The second-order valence-electron chi connectivity index (χ2n) is 8.67. The van der Waals surface area contributed by atoms with Crippen LogP contribution in [0.4, 0.5) is 0 Å². The van der Waals surface area contributed by atoms with Gasteiger partial charge in [0.1, 0.15) is 6.04 Å². The summed E-state index contributed by atoms with van der Waals surface area (Å²) in [6, 6.07) is 4.06. The van der Waals surface area contributed by atoms with Gasteiger partial charge in [-0.1, -0.05) is 37.0 Å². The Bertz CT molecular complexity index is 698. The van der Waals surface area contributed by atoms with E-state index in [0.29, 0.717) is 18.9 Å². The largest absolute Gasteiger partial charge is 0.464 e. The second-order valence-corrected chi connectivity index (χ2v) is 8.67. The monoisotopic (exact) mass is 385 g/mol. The maximum Gasteiger partial charge on any atom is 0.328 e. The number of nitrogens with zero attached hydrogens (tertiary/aromatic N) is 1. The highest BCUT2D eigenvalue weighted by molar-refractivity contribution is 5.87. The quantitative estimate of drug-likeness (QED) is 0.693. The second kappa shape index (κ2) is 9.11. The number of aryl methyl sites for hydroxylation is 3. The summed E-state index contributed by atoms with van der Waals surface area (Å²) in [7, 11) is 0. The van der Waals surface area contributed by atoms with Crippen LogP contribution in [0.5, 0.6) is 0 Å². The van der Waals surface area contributed by atoms with Crippen LogP contribution in [0.15, 0.2) is 12.1 Å². The molecule has 2 fully saturated rings. The minimum absolute atomic E-state index is 0.0844. The normalized spacial score (nSPS) is 23.1. The van der Waals surface area contributed by atoms with Gasteiger partial charge in [-0.05, 0) is 76.0 Å². The van der Waals surface area contributed by atoms with Crippen molar-refractivity contribution in [3.63, 3.8) is 0 Å². The highest BCUT2D eigenvalue weighted by atomic mass is 16.5. The molecule has 4 nitrogen and oxygen atoms in total. The summed E-state index contributed by atoms with van der Waals surface area (Å²) in [5, 5.41) is 0. The van der Waals surface area contributed by atoms with Crippen LogP contribution in [0.25, 0.3) is 0 Å². The molecule has 1 aromatic carbocycles. The average molecular weight is 386 g/mol. The van der Waals surface area contributed by atoms with Crippen molar-refractivity contribution >= 4 is 11.9 Å². The molecule has 2 atom stereocenters. The molecule has 0 radical (unpaired) electrons. The molecule has 1 amide bonds. The molecule has 1 heterocycles. The number of benzene rings is 1. The summed E-state index contributed by atoms with van der Waals surface area (Å²) in [4.78, 5) is 28.0. The van der Waals surface area contributed by atoms with Crippen LogP contribution in [-0.2, 0) is 20.7 Å². The standard InChI is InChI=1S/C24H35NO3/c1-5-28-24(27)22-12-11-21(19-9-7-6-8-10-19)25(22)23(26)15-20-17(3)13-16(2)14-18(20)4/h13-14,19,21-22H,5-12,15H2,1-4H3. The van der Waals surface area contributed by atoms with Gasteiger partial charge in [-0.2, -0.15) is 0 Å². The van der Waals surface area contributed by atoms with Gasteiger partial charge < -0.3 is 9.64 Å². The van der Waals surface area contributed by atoms with Crippen LogP contribution in [-0.4, -0.2) is 35.5 Å². The molecule has 1 saturated carbocycles. The molecule has 2 aliphatic rings. The third kappa shape index (κ3) is 4.42. The molecule has 1 aliphatic carbocycles. The van der Waals surface area contributed by atoms with Crippen LogP contribution in [0, 0.1) is 26.7 Å². The number of hydrogen-bond donors (Lipinski definition) is 0. The van der Waals surface area contributed by atoms with Gasteiger partial charge in [-0.25, -0.2) is 4.79 Å². The van der Waals surface area contributed by atoms with Crippen molar-refractivity contribution in [1.82, 2.24) is 4.90 Å². The number of ether oxygens (including phenoxy) is 1. The van der Waals surface area contributed by atoms with Gasteiger partial charge in [0, 0.05) is 6.04 Å². The summed E-state index contributed by atoms with van der Waals surface area (Å²) in [6.07, 6.45) is 8.15. The van der Waals surface area contributed by atoms with E-state index in [-0.39, 0.29) is 17.9 Å². The van der Waals surface area contributed by atoms with Gasteiger partial charge in [0.15, 0.2) is 0 Å². The Morgan fingerprint density at radius 3 is 2.25 bits per heavy atom. The molecular weight excluding hydrogens is 350 g/mol. The van der Waals surface area contributed by atoms with Gasteiger partial charge in [0.25, 0.3) is 0 Å². The van der Waals surface area contributed by atoms with Gasteiger partial charge in [-0.15, -0.1) is 0 Å². The number of rotatable bonds is 5. The van der Waals surface area contributed by atoms with E-state index >= 15 is 0 Å². The zero-order valence-corrected chi connectivity index (χ0v) is 17.9. The zero-order valence-electron chi connectivity index (χ0n) is 17.9. The van der Waals surface area contributed by atoms with E-state index in [1.165, 1.54) is 37.7 Å². The van der Waals surface area contributed by atoms with E-state index in [9.17, 15) is 9.59 Å². The molecule has 1 saturated heterocycles. The molecule has 0 aromatic heterocycles. The summed E-state index contributed by atoms with van der Waals surface area (Å²) in [6.45, 7) is 8.43. The smallest absolute Gasteiger partial charge is 0.328 e. The Morgan fingerprint density at radius 1 is 1.00 bits per heavy atom. The van der Waals surface area contributed by atoms with Gasteiger partial charge in [0.2, 0.25) is 5.91 Å². The lowest BCUT2D eigenvalue weighted by atomic mass is 9.83. The summed E-state index contributed by atoms with van der Waals surface area (Å²) in [5.41, 5.74) is 4.64. The number of amides is 1. The number of carbonyl (C=O) groups is 2. The molecule has 0 bridgehead atoms. The van der Waals surface area contributed by atoms with Crippen molar-refractivity contribution in [2.45, 2.75) is 91.1 Å². The first-order valence-electron chi connectivity index (χ1n) is 11.0. The van der Waals surface area contributed by atoms with Crippen molar-refractivity contribution in [2.24, 2.45) is 5.92 Å². The third-order valence-electron chi connectivity index (χ3n) is 6.64. The summed E-state index contributed by atoms with van der Waals surface area (Å²) in [5.74, 6) is 0.380. The lowest BCUT2D eigenvalue weighted by Gasteiger charge is -2.36. The fourth-order valence-electron chi connectivity index (χ4n) is 5.38. The minimum Gasteiger partial charge on any atom is -0.464 e. The fraction of sp³-hybridized carbons (Fsp3) is 0.667. The van der Waals surface area contributed by atoms with Crippen molar-refractivity contribution in [3.05, 3.63) is 34.4 Å². The van der Waals surface area contributed by atoms with Crippen molar-refractivity contribution in [3.8, 4) is 0 Å². The number of esters is 1. The van der Waals surface area contributed by atoms with Crippen LogP contribution < -0.4 is 0 Å². The zero-order chi connectivity index (χ0) is 20.3. The first-order valence-corrected chi connectivity index (χ1v) is 11.0. The topological polar surface area (TPSA) is 46.6 Å². The summed E-state index contributed by atoms with van der Waals surface area (Å²) >= 11 is 0. The molecule has 3 rings (SSSR count). The van der Waals surface area contributed by atoms with Crippen LogP contribution in [0.1, 0.15) is 74.1 Å². The van der Waals surface area contributed by atoms with Crippen LogP contribution in [0.2, 0.25) is 0 Å². The Hall–Kier alpha value is -1.84. The third-order valence-corrected chi connectivity index (χ3v) is 6.64. The minimum atomic E-state index is -0.412. The van der Waals surface area contributed by atoms with E-state index < -0.39 is 6.04 Å². The first-order chi connectivity index (χ1) is 13.4. The SMILES string of the molecule is CCOC(=O)C1CCC(C2CCCCC2)N1C(=O)Cc1c(C)cc(C)cc1C. The predicted molar refractivity (Wildman–Crippen MR) is 111 cm³/mol. The molecular formula is C24H35NO3. The van der Waals surface area contributed by atoms with Crippen molar-refractivity contribution in [2.75, 3.05) is 6.61 Å². The Balaban J connectivity index is 1.85. The van der Waals surface area contributed by atoms with Gasteiger partial charge in [0.05, 0.1) is 13.0 Å². The highest BCUT2D eigenvalue weighted by Crippen LogP contribution is 2.38. The number of likely N-dealkylation sites (tertiary alicyclic amines) is 1. The Kier molecular flexibility index (Phi) is 6.79. The molecule has 4 heteroatoms. The van der Waals surface area contributed by atoms with E-state index in [1.54, 1.807) is 0 Å². The fourth-order valence-corrected chi connectivity index (χ4v) is 5.38. The Morgan fingerprint density at radius 2 is 1.64 bits per heavy atom. The van der Waals surface area contributed by atoms with Crippen molar-refractivity contribution < 1.29 is 14.3 Å². The van der Waals surface area contributed by atoms with E-state index in [0.717, 1.165) is 29.5 Å². The molecule has 0 spiro atoms. The molecule has 28 heavy (non-hydrogen) atoms. The van der Waals surface area contributed by atoms with Crippen LogP contribution in [0.3, 0.4) is 0 Å². The Labute approximate surface area is 169 Å². The number of carbonyl (C=O) groups excluding carboxylic acids is 2. The first kappa shape index (κ1) is 20.9. The average Bonchev–Trinajstić information content (AvgIpc) is 3.11. The predicted octanol–water partition coefficient (Wildman–Crippen LogP) is 4.66. The molecule has 2 unspecified atom stereocenters. The van der Waals surface area contributed by atoms with Gasteiger partial charge in [-0.3, -0.25) is 4.79 Å². The van der Waals surface area contributed by atoms with E-state index in [1.807, 2.05) is 11.8 Å². The highest BCUT2D eigenvalue weighted by Gasteiger charge is 2.44. The van der Waals surface area contributed by atoms with Gasteiger partial charge >= 0.3 is 5.97 Å². The molecule has 154 valence electrons.